The summed E-state index contributed by atoms with van der Waals surface area (Å²) < 4.78 is 0. The Balaban J connectivity index is 2.71. The Morgan fingerprint density at radius 2 is 1.67 bits per heavy atom. The van der Waals surface area contributed by atoms with Crippen LogP contribution in [0.2, 0.25) is 0 Å². The molecule has 1 aromatic carbocycles. The molecule has 1 rings (SSSR count). The van der Waals surface area contributed by atoms with Gasteiger partial charge >= 0.3 is 0 Å². The normalized spacial score (nSPS) is 12.9. The van der Waals surface area contributed by atoms with Crippen molar-refractivity contribution in [3.05, 3.63) is 40.2 Å². The van der Waals surface area contributed by atoms with Crippen LogP contribution in [0.4, 0.5) is 5.69 Å². The molecule has 0 heterocycles. The highest BCUT2D eigenvalue weighted by Crippen LogP contribution is 2.19. The molecule has 0 aliphatic rings. The molecule has 15 heavy (non-hydrogen) atoms. The monoisotopic (exact) mass is 208 g/mol. The van der Waals surface area contributed by atoms with Gasteiger partial charge in [-0.15, -0.1) is 0 Å². The number of hydrogen-bond acceptors (Lipinski definition) is 4. The minimum atomic E-state index is 0.179. The zero-order chi connectivity index (χ0) is 11.4. The summed E-state index contributed by atoms with van der Waals surface area (Å²) >= 11 is 0. The van der Waals surface area contributed by atoms with Gasteiger partial charge in [-0.3, -0.25) is 0 Å². The molecular weight excluding hydrogens is 192 g/mol. The van der Waals surface area contributed by atoms with Crippen LogP contribution >= 0.6 is 0 Å². The zero-order valence-electron chi connectivity index (χ0n) is 9.30. The van der Waals surface area contributed by atoms with E-state index in [-0.39, 0.29) is 5.92 Å². The summed E-state index contributed by atoms with van der Waals surface area (Å²) in [5, 5.41) is 23.6. The van der Waals surface area contributed by atoms with Crippen LogP contribution in [0.3, 0.4) is 0 Å². The fourth-order valence-corrected chi connectivity index (χ4v) is 1.50. The second-order valence-corrected chi connectivity index (χ2v) is 3.80. The van der Waals surface area contributed by atoms with Crippen molar-refractivity contribution >= 4 is 5.69 Å². The number of hydrogen-bond donors (Lipinski definition) is 0. The lowest BCUT2D eigenvalue weighted by Gasteiger charge is -2.27. The van der Waals surface area contributed by atoms with Gasteiger partial charge in [0.2, 0.25) is 0 Å². The number of anilines is 1. The minimum Gasteiger partial charge on any atom is -0.785 e. The molecule has 84 valence electrons. The molecule has 0 radical (unpaired) electrons. The van der Waals surface area contributed by atoms with Gasteiger partial charge in [0.1, 0.15) is 0 Å². The van der Waals surface area contributed by atoms with Crippen LogP contribution in [0.5, 0.6) is 0 Å². The summed E-state index contributed by atoms with van der Waals surface area (Å²) in [6, 6.07) is 7.31. The van der Waals surface area contributed by atoms with Crippen molar-refractivity contribution in [2.24, 2.45) is 0 Å². The highest BCUT2D eigenvalue weighted by Gasteiger charge is 2.04. The Morgan fingerprint density at radius 1 is 1.13 bits per heavy atom. The topological polar surface area (TPSA) is 52.6 Å². The van der Waals surface area contributed by atoms with Gasteiger partial charge in [-0.2, -0.15) is 0 Å². The second kappa shape index (κ2) is 5.11. The summed E-state index contributed by atoms with van der Waals surface area (Å²) in [6.07, 6.45) is 0. The van der Waals surface area contributed by atoms with Crippen molar-refractivity contribution in [2.75, 3.05) is 25.7 Å². The van der Waals surface area contributed by atoms with Crippen molar-refractivity contribution in [1.29, 1.82) is 0 Å². The molecule has 0 amide bonds. The maximum Gasteiger partial charge on any atom is 0.0257 e. The number of rotatable bonds is 4. The summed E-state index contributed by atoms with van der Waals surface area (Å²) in [5.74, 6) is 0.179. The third kappa shape index (κ3) is 3.51. The lowest BCUT2D eigenvalue weighted by Crippen LogP contribution is -2.16. The fourth-order valence-electron chi connectivity index (χ4n) is 1.50. The first-order chi connectivity index (χ1) is 7.00. The predicted molar refractivity (Wildman–Crippen MR) is 62.6 cm³/mol. The molecule has 4 heteroatoms. The van der Waals surface area contributed by atoms with Crippen molar-refractivity contribution < 1.29 is 0 Å². The van der Waals surface area contributed by atoms with Gasteiger partial charge in [0.25, 0.3) is 0 Å². The zero-order valence-corrected chi connectivity index (χ0v) is 9.30. The van der Waals surface area contributed by atoms with Crippen molar-refractivity contribution in [1.82, 2.24) is 5.06 Å². The van der Waals surface area contributed by atoms with E-state index in [1.807, 2.05) is 19.1 Å². The van der Waals surface area contributed by atoms with Crippen molar-refractivity contribution in [3.8, 4) is 0 Å². The molecule has 4 nitrogen and oxygen atoms in total. The molecule has 1 atom stereocenters. The van der Waals surface area contributed by atoms with Crippen LogP contribution in [0, 0.1) is 10.4 Å². The van der Waals surface area contributed by atoms with Crippen LogP contribution in [-0.4, -0.2) is 25.7 Å². The van der Waals surface area contributed by atoms with Gasteiger partial charge in [-0.25, -0.2) is 0 Å². The first-order valence-electron chi connectivity index (χ1n) is 4.90. The molecule has 1 unspecified atom stereocenters. The molecule has 0 aliphatic carbocycles. The number of nitrogens with zero attached hydrogens (tertiary/aromatic N) is 2. The van der Waals surface area contributed by atoms with E-state index >= 15 is 0 Å². The van der Waals surface area contributed by atoms with E-state index in [1.165, 1.54) is 14.1 Å². The number of likely N-dealkylation sites (N-methyl/N-ethyl adjacent to an activating group) is 1. The maximum atomic E-state index is 11.0. The molecule has 0 saturated carbocycles. The van der Waals surface area contributed by atoms with Crippen LogP contribution < -0.4 is 5.06 Å². The fraction of sp³-hybridized carbons (Fsp3) is 0.455. The van der Waals surface area contributed by atoms with Gasteiger partial charge in [0.15, 0.2) is 0 Å². The van der Waals surface area contributed by atoms with E-state index in [9.17, 15) is 10.4 Å². The first-order valence-corrected chi connectivity index (χ1v) is 4.90. The molecule has 0 saturated heterocycles. The average molecular weight is 208 g/mol. The second-order valence-electron chi connectivity index (χ2n) is 3.80. The summed E-state index contributed by atoms with van der Waals surface area (Å²) in [7, 11) is 2.97. The number of benzene rings is 1. The Kier molecular flexibility index (Phi) is 4.08. The highest BCUT2D eigenvalue weighted by atomic mass is 16.5. The van der Waals surface area contributed by atoms with Crippen LogP contribution in [0.15, 0.2) is 24.3 Å². The van der Waals surface area contributed by atoms with Gasteiger partial charge in [-0.1, -0.05) is 19.1 Å². The Hall–Kier alpha value is -1.10. The summed E-state index contributed by atoms with van der Waals surface area (Å²) in [4.78, 5) is 0. The lowest BCUT2D eigenvalue weighted by atomic mass is 10.0. The smallest absolute Gasteiger partial charge is 0.0257 e. The highest BCUT2D eigenvalue weighted by molar-refractivity contribution is 5.47. The minimum absolute atomic E-state index is 0.179. The van der Waals surface area contributed by atoms with Crippen LogP contribution in [-0.2, 0) is 0 Å². The molecule has 0 aliphatic heterocycles. The van der Waals surface area contributed by atoms with Crippen LogP contribution in [0.25, 0.3) is 0 Å². The third-order valence-electron chi connectivity index (χ3n) is 2.36. The molecule has 0 fully saturated rings. The van der Waals surface area contributed by atoms with Crippen molar-refractivity contribution in [3.63, 3.8) is 0 Å². The third-order valence-corrected chi connectivity index (χ3v) is 2.36. The molecular formula is C11H16N2O2-2. The van der Waals surface area contributed by atoms with Crippen molar-refractivity contribution in [2.45, 2.75) is 12.8 Å². The van der Waals surface area contributed by atoms with E-state index < -0.39 is 0 Å². The molecule has 1 aromatic rings. The Morgan fingerprint density at radius 3 is 2.07 bits per heavy atom. The van der Waals surface area contributed by atoms with E-state index in [0.717, 1.165) is 15.7 Å². The van der Waals surface area contributed by atoms with E-state index in [4.69, 9.17) is 0 Å². The molecule has 0 spiro atoms. The Labute approximate surface area is 90.3 Å². The van der Waals surface area contributed by atoms with E-state index in [2.05, 4.69) is 0 Å². The van der Waals surface area contributed by atoms with Gasteiger partial charge in [0.05, 0.1) is 0 Å². The average Bonchev–Trinajstić information content (AvgIpc) is 2.17. The van der Waals surface area contributed by atoms with Gasteiger partial charge < -0.3 is 20.5 Å². The van der Waals surface area contributed by atoms with Crippen LogP contribution in [0.1, 0.15) is 18.4 Å². The van der Waals surface area contributed by atoms with E-state index in [0.29, 0.717) is 12.2 Å². The standard InChI is InChI=1S/C11H16N2O2/c1-9(8-12(2)14)10-4-6-11(7-5-10)13(3)15/h4-7,9H,8H2,1-3H3/q-2. The maximum absolute atomic E-state index is 11.0. The van der Waals surface area contributed by atoms with E-state index in [1.54, 1.807) is 12.1 Å². The van der Waals surface area contributed by atoms with Gasteiger partial charge in [-0.05, 0) is 44.3 Å². The SMILES string of the molecule is CC(CN(C)[O-])c1ccc(N(C)[O-])cc1. The molecule has 0 bridgehead atoms. The molecule has 0 aromatic heterocycles. The first kappa shape index (κ1) is 12.0. The summed E-state index contributed by atoms with van der Waals surface area (Å²) in [5.41, 5.74) is 1.70. The summed E-state index contributed by atoms with van der Waals surface area (Å²) in [6.45, 7) is 2.46. The predicted octanol–water partition coefficient (Wildman–Crippen LogP) is 2.15. The molecule has 0 N–H and O–H groups in total. The number of hydroxylamine groups is 3. The largest absolute Gasteiger partial charge is 0.785 e. The van der Waals surface area contributed by atoms with Gasteiger partial charge in [0, 0.05) is 5.69 Å². The Bertz CT molecular complexity index is 296. The quantitative estimate of drug-likeness (QED) is 0.711. The lowest BCUT2D eigenvalue weighted by molar-refractivity contribution is 0.426.